The van der Waals surface area contributed by atoms with Gasteiger partial charge in [-0.1, -0.05) is 18.2 Å². The molecule has 72 valence electrons. The Hall–Kier alpha value is -0.820. The van der Waals surface area contributed by atoms with Crippen LogP contribution in [0, 0.1) is 0 Å². The van der Waals surface area contributed by atoms with Gasteiger partial charge in [0.05, 0.1) is 5.69 Å². The Morgan fingerprint density at radius 3 is 2.23 bits per heavy atom. The fraction of sp³-hybridized carbons (Fsp3) is 0. The van der Waals surface area contributed by atoms with Gasteiger partial charge < -0.3 is 0 Å². The summed E-state index contributed by atoms with van der Waals surface area (Å²) in [5.41, 5.74) is 0.222. The molecule has 0 spiro atoms. The minimum atomic E-state index is -4.38. The average Bonchev–Trinajstić information content (AvgIpc) is 2.05. The molecule has 0 fully saturated rings. The Morgan fingerprint density at radius 2 is 1.85 bits per heavy atom. The van der Waals surface area contributed by atoms with Crippen LogP contribution in [0.4, 0.5) is 5.69 Å². The van der Waals surface area contributed by atoms with Gasteiger partial charge in [0.25, 0.3) is 0 Å². The van der Waals surface area contributed by atoms with E-state index in [2.05, 4.69) is 0 Å². The van der Waals surface area contributed by atoms with Gasteiger partial charge in [-0.15, -0.1) is 4.94 Å². The van der Waals surface area contributed by atoms with Crippen molar-refractivity contribution in [3.8, 4) is 0 Å². The summed E-state index contributed by atoms with van der Waals surface area (Å²) >= 11 is 5.12. The van der Waals surface area contributed by atoms with E-state index < -0.39 is 10.3 Å². The van der Waals surface area contributed by atoms with E-state index in [1.54, 1.807) is 18.2 Å². The van der Waals surface area contributed by atoms with Crippen LogP contribution in [0.25, 0.3) is 0 Å². The second-order valence-corrected chi connectivity index (χ2v) is 3.59. The predicted molar refractivity (Wildman–Crippen MR) is 49.5 cm³/mol. The Kier molecular flexibility index (Phi) is 3.10. The van der Waals surface area contributed by atoms with Crippen molar-refractivity contribution in [2.45, 2.75) is 0 Å². The molecule has 0 atom stereocenters. The van der Waals surface area contributed by atoms with Crippen molar-refractivity contribution in [3.05, 3.63) is 30.3 Å². The molecule has 13 heavy (non-hydrogen) atoms. The van der Waals surface area contributed by atoms with Crippen molar-refractivity contribution < 1.29 is 13.0 Å². The van der Waals surface area contributed by atoms with Crippen LogP contribution in [-0.4, -0.2) is 13.0 Å². The summed E-state index contributed by atoms with van der Waals surface area (Å²) < 4.78 is 30.5. The summed E-state index contributed by atoms with van der Waals surface area (Å²) in [4.78, 5) is 1.83. The lowest BCUT2D eigenvalue weighted by Crippen LogP contribution is -2.37. The number of para-hydroxylation sites is 1. The highest BCUT2D eigenvalue weighted by molar-refractivity contribution is 7.87. The summed E-state index contributed by atoms with van der Waals surface area (Å²) in [5, 5.41) is 0. The first-order valence-electron chi connectivity index (χ1n) is 3.25. The predicted octanol–water partition coefficient (Wildman–Crippen LogP) is 0.954. The smallest absolute Gasteiger partial charge is 0.268 e. The molecule has 1 rings (SSSR count). The lowest BCUT2D eigenvalue weighted by molar-refractivity contribution is 0.476. The van der Waals surface area contributed by atoms with Crippen LogP contribution in [0.2, 0.25) is 0 Å². The molecule has 0 unspecified atom stereocenters. The lowest BCUT2D eigenvalue weighted by atomic mass is 10.3. The van der Waals surface area contributed by atoms with E-state index in [1.807, 2.05) is 4.94 Å². The number of hydrazine groups is 1. The van der Waals surface area contributed by atoms with Crippen LogP contribution < -0.4 is 9.36 Å². The molecule has 0 amide bonds. The third-order valence-corrected chi connectivity index (χ3v) is 2.33. The number of nitrogens with one attached hydrogen (secondary N) is 1. The Labute approximate surface area is 80.9 Å². The molecule has 2 N–H and O–H groups in total. The van der Waals surface area contributed by atoms with E-state index in [0.717, 1.165) is 0 Å². The molecule has 0 saturated heterocycles. The number of hydrogen-bond donors (Lipinski definition) is 2. The monoisotopic (exact) mass is 222 g/mol. The second kappa shape index (κ2) is 3.93. The third-order valence-electron chi connectivity index (χ3n) is 1.30. The number of benzene rings is 1. The average molecular weight is 223 g/mol. The third kappa shape index (κ3) is 2.56. The molecule has 1 aromatic carbocycles. The summed E-state index contributed by atoms with van der Waals surface area (Å²) in [7, 11) is -4.38. The zero-order chi connectivity index (χ0) is 9.90. The van der Waals surface area contributed by atoms with Gasteiger partial charge in [-0.05, 0) is 23.9 Å². The number of nitrogens with zero attached hydrogens (tertiary/aromatic N) is 1. The normalized spacial score (nSPS) is 11.2. The maximum atomic E-state index is 10.7. The van der Waals surface area contributed by atoms with Gasteiger partial charge in [-0.25, -0.2) is 0 Å². The molecule has 0 aliphatic rings. The van der Waals surface area contributed by atoms with Crippen molar-refractivity contribution in [2.75, 3.05) is 4.41 Å². The van der Waals surface area contributed by atoms with E-state index in [0.29, 0.717) is 4.41 Å². The van der Waals surface area contributed by atoms with Crippen molar-refractivity contribution in [1.29, 1.82) is 0 Å². The van der Waals surface area contributed by atoms with Crippen molar-refractivity contribution >= 4 is 27.8 Å². The van der Waals surface area contributed by atoms with E-state index in [9.17, 15) is 8.42 Å². The van der Waals surface area contributed by atoms with E-state index in [4.69, 9.17) is 16.3 Å². The number of halogens is 1. The molecule has 0 radical (unpaired) electrons. The molecule has 7 heteroatoms. The van der Waals surface area contributed by atoms with Crippen LogP contribution in [0.15, 0.2) is 30.3 Å². The summed E-state index contributed by atoms with van der Waals surface area (Å²) in [6, 6.07) is 7.88. The lowest BCUT2D eigenvalue weighted by Gasteiger charge is -2.16. The second-order valence-electron chi connectivity index (χ2n) is 2.16. The highest BCUT2D eigenvalue weighted by Gasteiger charge is 2.17. The van der Waals surface area contributed by atoms with Gasteiger partial charge in [0.2, 0.25) is 0 Å². The van der Waals surface area contributed by atoms with Crippen molar-refractivity contribution in [1.82, 2.24) is 4.94 Å². The number of anilines is 1. The molecule has 0 aromatic heterocycles. The van der Waals surface area contributed by atoms with Gasteiger partial charge in [0.15, 0.2) is 0 Å². The van der Waals surface area contributed by atoms with Gasteiger partial charge in [-0.3, -0.25) is 4.55 Å². The largest absolute Gasteiger partial charge is 0.374 e. The molecule has 0 aliphatic carbocycles. The van der Waals surface area contributed by atoms with Gasteiger partial charge >= 0.3 is 10.3 Å². The van der Waals surface area contributed by atoms with Gasteiger partial charge in [-0.2, -0.15) is 12.8 Å². The first-order chi connectivity index (χ1) is 6.05. The van der Waals surface area contributed by atoms with Crippen molar-refractivity contribution in [3.63, 3.8) is 0 Å². The fourth-order valence-corrected chi connectivity index (χ4v) is 1.62. The summed E-state index contributed by atoms with van der Waals surface area (Å²) in [5.74, 6) is 0. The van der Waals surface area contributed by atoms with Crippen LogP contribution in [-0.2, 0) is 10.3 Å². The van der Waals surface area contributed by atoms with Gasteiger partial charge in [0.1, 0.15) is 0 Å². The summed E-state index contributed by atoms with van der Waals surface area (Å²) in [6.45, 7) is 0. The maximum absolute atomic E-state index is 10.7. The molecule has 0 bridgehead atoms. The fourth-order valence-electron chi connectivity index (χ4n) is 0.789. The minimum absolute atomic E-state index is 0.222. The number of hydrogen-bond acceptors (Lipinski definition) is 3. The Balaban J connectivity index is 3.06. The quantitative estimate of drug-likeness (QED) is 0.454. The molecule has 0 heterocycles. The standard InChI is InChI=1S/C6H7ClN2O3S/c7-8-9(13(10,11)12)6-4-2-1-3-5-6/h1-5,8H,(H,10,11,12). The van der Waals surface area contributed by atoms with E-state index in [-0.39, 0.29) is 5.69 Å². The Morgan fingerprint density at radius 1 is 1.31 bits per heavy atom. The first-order valence-corrected chi connectivity index (χ1v) is 5.02. The SMILES string of the molecule is O=S(=O)(O)N(NCl)c1ccccc1. The van der Waals surface area contributed by atoms with Crippen LogP contribution in [0.1, 0.15) is 0 Å². The molecular formula is C6H7ClN2O3S. The van der Waals surface area contributed by atoms with Crippen LogP contribution in [0.3, 0.4) is 0 Å². The molecule has 1 aromatic rings. The molecule has 0 aliphatic heterocycles. The maximum Gasteiger partial charge on any atom is 0.374 e. The van der Waals surface area contributed by atoms with Crippen LogP contribution >= 0.6 is 11.8 Å². The zero-order valence-electron chi connectivity index (χ0n) is 6.38. The first kappa shape index (κ1) is 10.3. The molecule has 5 nitrogen and oxygen atoms in total. The van der Waals surface area contributed by atoms with E-state index >= 15 is 0 Å². The topological polar surface area (TPSA) is 69.6 Å². The molecular weight excluding hydrogens is 216 g/mol. The minimum Gasteiger partial charge on any atom is -0.268 e. The number of rotatable bonds is 3. The molecule has 0 saturated carbocycles. The van der Waals surface area contributed by atoms with Crippen molar-refractivity contribution in [2.24, 2.45) is 0 Å². The summed E-state index contributed by atoms with van der Waals surface area (Å²) in [6.07, 6.45) is 0. The van der Waals surface area contributed by atoms with Gasteiger partial charge in [0, 0.05) is 0 Å². The highest BCUT2D eigenvalue weighted by atomic mass is 35.5. The van der Waals surface area contributed by atoms with E-state index in [1.165, 1.54) is 12.1 Å². The highest BCUT2D eigenvalue weighted by Crippen LogP contribution is 2.13. The Bertz CT molecular complexity index is 367. The zero-order valence-corrected chi connectivity index (χ0v) is 7.96. The van der Waals surface area contributed by atoms with Crippen LogP contribution in [0.5, 0.6) is 0 Å².